The topological polar surface area (TPSA) is 92.8 Å². The van der Waals surface area contributed by atoms with Crippen LogP contribution in [0.3, 0.4) is 0 Å². The molecule has 2 aromatic heterocycles. The van der Waals surface area contributed by atoms with E-state index in [9.17, 15) is 18.0 Å². The highest BCUT2D eigenvalue weighted by atomic mass is 79.9. The summed E-state index contributed by atoms with van der Waals surface area (Å²) in [7, 11) is 0. The Labute approximate surface area is 152 Å². The molecule has 0 spiro atoms. The molecule has 1 amide bonds. The summed E-state index contributed by atoms with van der Waals surface area (Å²) in [5, 5.41) is 7.14. The molecule has 0 fully saturated rings. The molecule has 0 unspecified atom stereocenters. The van der Waals surface area contributed by atoms with E-state index >= 15 is 0 Å². The van der Waals surface area contributed by atoms with Gasteiger partial charge in [-0.3, -0.25) is 15.2 Å². The fourth-order valence-electron chi connectivity index (χ4n) is 1.84. The van der Waals surface area contributed by atoms with Gasteiger partial charge in [0.2, 0.25) is 17.7 Å². The molecule has 0 atom stereocenters. The summed E-state index contributed by atoms with van der Waals surface area (Å²) < 4.78 is 43.7. The molecule has 0 aliphatic carbocycles. The van der Waals surface area contributed by atoms with Crippen LogP contribution in [0.25, 0.3) is 0 Å². The molecule has 3 rings (SSSR count). The van der Waals surface area contributed by atoms with E-state index in [-0.39, 0.29) is 11.4 Å². The number of hydrogen-bond acceptors (Lipinski definition) is 5. The molecule has 0 bridgehead atoms. The first-order valence-corrected chi connectivity index (χ1v) is 7.81. The molecule has 0 aliphatic heterocycles. The van der Waals surface area contributed by atoms with Crippen molar-refractivity contribution in [2.24, 2.45) is 0 Å². The number of rotatable bonds is 4. The lowest BCUT2D eigenvalue weighted by Crippen LogP contribution is -2.13. The smallest absolute Gasteiger partial charge is 0.439 e. The van der Waals surface area contributed by atoms with Crippen LogP contribution in [0, 0.1) is 0 Å². The molecule has 11 heteroatoms. The minimum absolute atomic E-state index is 0.102. The SMILES string of the molecule is O=C(Nc1n[nH]c(C(F)(F)F)n1)c1ccc(Oc2cccc(Br)c2)nc1. The zero-order chi connectivity index (χ0) is 18.7. The third-order valence-electron chi connectivity index (χ3n) is 3.00. The Morgan fingerprint density at radius 2 is 2.04 bits per heavy atom. The van der Waals surface area contributed by atoms with Crippen molar-refractivity contribution in [3.63, 3.8) is 0 Å². The van der Waals surface area contributed by atoms with Crippen LogP contribution >= 0.6 is 15.9 Å². The van der Waals surface area contributed by atoms with Crippen LogP contribution in [0.4, 0.5) is 19.1 Å². The summed E-state index contributed by atoms with van der Waals surface area (Å²) in [6, 6.07) is 9.95. The van der Waals surface area contributed by atoms with Crippen molar-refractivity contribution in [2.45, 2.75) is 6.18 Å². The summed E-state index contributed by atoms with van der Waals surface area (Å²) in [5.74, 6) is -1.71. The number of carbonyl (C=O) groups is 1. The van der Waals surface area contributed by atoms with Crippen LogP contribution in [0.1, 0.15) is 16.2 Å². The van der Waals surface area contributed by atoms with Gasteiger partial charge in [-0.15, -0.1) is 5.10 Å². The van der Waals surface area contributed by atoms with Crippen LogP contribution in [-0.4, -0.2) is 26.1 Å². The van der Waals surface area contributed by atoms with Gasteiger partial charge in [0.25, 0.3) is 5.91 Å². The number of hydrogen-bond donors (Lipinski definition) is 2. The van der Waals surface area contributed by atoms with Gasteiger partial charge in [-0.05, 0) is 24.3 Å². The zero-order valence-electron chi connectivity index (χ0n) is 12.7. The minimum Gasteiger partial charge on any atom is -0.439 e. The highest BCUT2D eigenvalue weighted by Crippen LogP contribution is 2.26. The maximum atomic E-state index is 12.4. The van der Waals surface area contributed by atoms with Gasteiger partial charge >= 0.3 is 6.18 Å². The van der Waals surface area contributed by atoms with Crippen molar-refractivity contribution in [3.8, 4) is 11.6 Å². The Morgan fingerprint density at radius 3 is 2.65 bits per heavy atom. The monoisotopic (exact) mass is 427 g/mol. The van der Waals surface area contributed by atoms with Gasteiger partial charge < -0.3 is 4.74 Å². The van der Waals surface area contributed by atoms with Gasteiger partial charge in [0.15, 0.2) is 0 Å². The lowest BCUT2D eigenvalue weighted by Gasteiger charge is -2.06. The summed E-state index contributed by atoms with van der Waals surface area (Å²) >= 11 is 3.31. The van der Waals surface area contributed by atoms with Gasteiger partial charge in [-0.1, -0.05) is 22.0 Å². The van der Waals surface area contributed by atoms with E-state index in [1.54, 1.807) is 23.3 Å². The summed E-state index contributed by atoms with van der Waals surface area (Å²) in [5.41, 5.74) is 0.102. The first-order chi connectivity index (χ1) is 12.3. The Bertz CT molecular complexity index is 928. The average molecular weight is 428 g/mol. The second-order valence-corrected chi connectivity index (χ2v) is 5.82. The number of nitrogens with one attached hydrogen (secondary N) is 2. The number of pyridine rings is 1. The summed E-state index contributed by atoms with van der Waals surface area (Å²) in [6.45, 7) is 0. The van der Waals surface area contributed by atoms with Crippen molar-refractivity contribution in [3.05, 3.63) is 58.5 Å². The average Bonchev–Trinajstić information content (AvgIpc) is 3.04. The van der Waals surface area contributed by atoms with Crippen LogP contribution < -0.4 is 10.1 Å². The third-order valence-corrected chi connectivity index (χ3v) is 3.49. The molecule has 2 heterocycles. The van der Waals surface area contributed by atoms with Crippen molar-refractivity contribution >= 4 is 27.8 Å². The lowest BCUT2D eigenvalue weighted by molar-refractivity contribution is -0.144. The maximum absolute atomic E-state index is 12.4. The number of anilines is 1. The molecule has 3 aromatic rings. The van der Waals surface area contributed by atoms with E-state index < -0.39 is 23.9 Å². The van der Waals surface area contributed by atoms with Crippen molar-refractivity contribution in [2.75, 3.05) is 5.32 Å². The summed E-state index contributed by atoms with van der Waals surface area (Å²) in [6.07, 6.45) is -3.46. The molecule has 0 aliphatic rings. The van der Waals surface area contributed by atoms with Crippen LogP contribution in [-0.2, 0) is 6.18 Å². The Balaban J connectivity index is 1.66. The van der Waals surface area contributed by atoms with Gasteiger partial charge in [0.05, 0.1) is 5.56 Å². The third kappa shape index (κ3) is 4.36. The quantitative estimate of drug-likeness (QED) is 0.655. The van der Waals surface area contributed by atoms with E-state index in [0.29, 0.717) is 5.75 Å². The molecule has 0 radical (unpaired) electrons. The first-order valence-electron chi connectivity index (χ1n) is 7.02. The van der Waals surface area contributed by atoms with Crippen molar-refractivity contribution < 1.29 is 22.7 Å². The number of aromatic nitrogens is 4. The number of ether oxygens (including phenoxy) is 1. The first kappa shape index (κ1) is 17.9. The number of carbonyl (C=O) groups excluding carboxylic acids is 1. The number of halogens is 4. The number of benzene rings is 1. The van der Waals surface area contributed by atoms with Crippen molar-refractivity contribution in [1.82, 2.24) is 20.2 Å². The van der Waals surface area contributed by atoms with E-state index in [1.807, 2.05) is 6.07 Å². The molecular weight excluding hydrogens is 419 g/mol. The van der Waals surface area contributed by atoms with Gasteiger partial charge in [0.1, 0.15) is 5.75 Å². The van der Waals surface area contributed by atoms with Gasteiger partial charge in [-0.2, -0.15) is 18.2 Å². The van der Waals surface area contributed by atoms with Crippen LogP contribution in [0.5, 0.6) is 11.6 Å². The fraction of sp³-hybridized carbons (Fsp3) is 0.0667. The van der Waals surface area contributed by atoms with Crippen molar-refractivity contribution in [1.29, 1.82) is 0 Å². The number of alkyl halides is 3. The number of nitrogens with zero attached hydrogens (tertiary/aromatic N) is 3. The Kier molecular flexibility index (Phi) is 4.89. The van der Waals surface area contributed by atoms with Gasteiger partial charge in [-0.25, -0.2) is 4.98 Å². The minimum atomic E-state index is -4.68. The Morgan fingerprint density at radius 1 is 1.23 bits per heavy atom. The maximum Gasteiger partial charge on any atom is 0.451 e. The molecule has 2 N–H and O–H groups in total. The standard InChI is InChI=1S/C15H9BrF3N5O2/c16-9-2-1-3-10(6-9)26-11-5-4-8(7-20-11)12(25)21-14-22-13(23-24-14)15(17,18)19/h1-7H,(H2,21,22,23,24,25). The number of amides is 1. The zero-order valence-corrected chi connectivity index (χ0v) is 14.3. The van der Waals surface area contributed by atoms with Crippen LogP contribution in [0.15, 0.2) is 47.1 Å². The normalized spacial score (nSPS) is 11.2. The predicted molar refractivity (Wildman–Crippen MR) is 87.8 cm³/mol. The lowest BCUT2D eigenvalue weighted by atomic mass is 10.2. The fourth-order valence-corrected chi connectivity index (χ4v) is 2.22. The molecule has 0 saturated carbocycles. The van der Waals surface area contributed by atoms with Crippen LogP contribution in [0.2, 0.25) is 0 Å². The molecule has 26 heavy (non-hydrogen) atoms. The second kappa shape index (κ2) is 7.12. The van der Waals surface area contributed by atoms with Gasteiger partial charge in [0, 0.05) is 16.7 Å². The summed E-state index contributed by atoms with van der Waals surface area (Å²) in [4.78, 5) is 19.2. The second-order valence-electron chi connectivity index (χ2n) is 4.90. The molecule has 1 aromatic carbocycles. The molecule has 7 nitrogen and oxygen atoms in total. The van der Waals surface area contributed by atoms with E-state index in [4.69, 9.17) is 4.74 Å². The number of aromatic amines is 1. The largest absolute Gasteiger partial charge is 0.451 e. The highest BCUT2D eigenvalue weighted by Gasteiger charge is 2.35. The number of H-pyrrole nitrogens is 1. The molecular formula is C15H9BrF3N5O2. The van der Waals surface area contributed by atoms with E-state index in [0.717, 1.165) is 4.47 Å². The van der Waals surface area contributed by atoms with E-state index in [1.165, 1.54) is 18.3 Å². The molecule has 0 saturated heterocycles. The molecule has 134 valence electrons. The Hall–Kier alpha value is -2.95. The van der Waals surface area contributed by atoms with E-state index in [2.05, 4.69) is 36.3 Å². The highest BCUT2D eigenvalue weighted by molar-refractivity contribution is 9.10. The predicted octanol–water partition coefficient (Wildman–Crippen LogP) is 4.03.